The molecule has 0 aliphatic heterocycles. The Kier molecular flexibility index (Phi) is 3.07. The molecule has 1 fully saturated rings. The molecule has 16 heavy (non-hydrogen) atoms. The highest BCUT2D eigenvalue weighted by molar-refractivity contribution is 5.30. The van der Waals surface area contributed by atoms with Crippen molar-refractivity contribution in [3.8, 4) is 0 Å². The van der Waals surface area contributed by atoms with Crippen molar-refractivity contribution in [3.63, 3.8) is 0 Å². The fourth-order valence-corrected chi connectivity index (χ4v) is 2.20. The van der Waals surface area contributed by atoms with Crippen LogP contribution in [0.1, 0.15) is 32.6 Å². The topological polar surface area (TPSA) is 90.6 Å². The van der Waals surface area contributed by atoms with Gasteiger partial charge in [-0.05, 0) is 18.8 Å². The average molecular weight is 224 g/mol. The Bertz CT molecular complexity index is 464. The molecule has 6 nitrogen and oxygen atoms in total. The summed E-state index contributed by atoms with van der Waals surface area (Å²) in [5, 5.41) is 9.00. The monoisotopic (exact) mass is 224 g/mol. The van der Waals surface area contributed by atoms with Crippen LogP contribution in [-0.2, 0) is 0 Å². The van der Waals surface area contributed by atoms with Crippen molar-refractivity contribution in [1.29, 1.82) is 0 Å². The Morgan fingerprint density at radius 2 is 2.19 bits per heavy atom. The molecule has 0 aromatic carbocycles. The predicted octanol–water partition coefficient (Wildman–Crippen LogP) is 0.449. The van der Waals surface area contributed by atoms with Gasteiger partial charge in [-0.1, -0.05) is 19.8 Å². The Hall–Kier alpha value is -1.59. The van der Waals surface area contributed by atoms with Crippen molar-refractivity contribution in [2.45, 2.75) is 38.6 Å². The summed E-state index contributed by atoms with van der Waals surface area (Å²) in [4.78, 5) is 24.3. The zero-order valence-electron chi connectivity index (χ0n) is 9.25. The van der Waals surface area contributed by atoms with Crippen LogP contribution in [0.3, 0.4) is 0 Å². The Labute approximate surface area is 92.5 Å². The Morgan fingerprint density at radius 1 is 1.38 bits per heavy atom. The van der Waals surface area contributed by atoms with E-state index in [0.29, 0.717) is 5.92 Å². The first-order valence-electron chi connectivity index (χ1n) is 5.60. The van der Waals surface area contributed by atoms with Crippen molar-refractivity contribution in [2.24, 2.45) is 5.92 Å². The lowest BCUT2D eigenvalue weighted by atomic mass is 9.87. The summed E-state index contributed by atoms with van der Waals surface area (Å²) < 4.78 is 0. The smallest absolute Gasteiger partial charge is 0.342 e. The molecule has 1 saturated carbocycles. The van der Waals surface area contributed by atoms with Gasteiger partial charge in [0, 0.05) is 6.04 Å². The molecule has 88 valence electrons. The van der Waals surface area contributed by atoms with E-state index in [-0.39, 0.29) is 11.9 Å². The molecule has 1 aromatic heterocycles. The van der Waals surface area contributed by atoms with Crippen LogP contribution in [0.5, 0.6) is 0 Å². The molecule has 2 atom stereocenters. The normalized spacial score (nSPS) is 25.3. The number of H-pyrrole nitrogens is 2. The highest BCUT2D eigenvalue weighted by Crippen LogP contribution is 2.24. The number of anilines is 1. The van der Waals surface area contributed by atoms with E-state index in [2.05, 4.69) is 27.4 Å². The van der Waals surface area contributed by atoms with Gasteiger partial charge in [0.25, 0.3) is 5.56 Å². The molecule has 1 aromatic rings. The summed E-state index contributed by atoms with van der Waals surface area (Å²) in [5.41, 5.74) is -1.03. The molecule has 0 amide bonds. The number of nitrogens with zero attached hydrogens (tertiary/aromatic N) is 1. The van der Waals surface area contributed by atoms with Crippen LogP contribution in [0.4, 0.5) is 5.82 Å². The predicted molar refractivity (Wildman–Crippen MR) is 60.5 cm³/mol. The molecule has 3 N–H and O–H groups in total. The summed E-state index contributed by atoms with van der Waals surface area (Å²) in [7, 11) is 0. The second kappa shape index (κ2) is 4.51. The van der Waals surface area contributed by atoms with Crippen molar-refractivity contribution >= 4 is 5.82 Å². The van der Waals surface area contributed by atoms with Crippen LogP contribution < -0.4 is 16.6 Å². The largest absolute Gasteiger partial charge is 0.361 e. The summed E-state index contributed by atoms with van der Waals surface area (Å²) in [6.07, 6.45) is 4.50. The van der Waals surface area contributed by atoms with E-state index in [0.717, 1.165) is 12.8 Å². The molecule has 2 unspecified atom stereocenters. The first-order chi connectivity index (χ1) is 7.65. The molecule has 0 bridgehead atoms. The second-order valence-electron chi connectivity index (χ2n) is 4.47. The standard InChI is InChI=1S/C10H16N4O2/c1-6-3-2-4-7(5-6)11-8-9(15)12-10(16)14-13-8/h6-7H,2-5H2,1H3,(H,11,13)(H2,12,14,15,16). The molecule has 2 rings (SSSR count). The third-order valence-corrected chi connectivity index (χ3v) is 2.99. The van der Waals surface area contributed by atoms with Crippen LogP contribution >= 0.6 is 0 Å². The van der Waals surface area contributed by atoms with Gasteiger partial charge < -0.3 is 5.32 Å². The highest BCUT2D eigenvalue weighted by atomic mass is 16.2. The number of hydrogen-bond acceptors (Lipinski definition) is 4. The summed E-state index contributed by atoms with van der Waals surface area (Å²) in [6, 6.07) is 0.281. The van der Waals surface area contributed by atoms with E-state index >= 15 is 0 Å². The third-order valence-electron chi connectivity index (χ3n) is 2.99. The Balaban J connectivity index is 2.08. The second-order valence-corrected chi connectivity index (χ2v) is 4.47. The van der Waals surface area contributed by atoms with Gasteiger partial charge in [0.1, 0.15) is 0 Å². The van der Waals surface area contributed by atoms with E-state index in [1.165, 1.54) is 12.8 Å². The molecule has 1 aliphatic carbocycles. The number of rotatable bonds is 2. The first kappa shape index (κ1) is 10.9. The molecule has 6 heteroatoms. The molecule has 0 radical (unpaired) electrons. The van der Waals surface area contributed by atoms with E-state index < -0.39 is 11.2 Å². The van der Waals surface area contributed by atoms with E-state index in [1.807, 2.05) is 0 Å². The summed E-state index contributed by atoms with van der Waals surface area (Å²) in [5.74, 6) is 0.881. The minimum atomic E-state index is -0.576. The van der Waals surface area contributed by atoms with Crippen LogP contribution in [0.15, 0.2) is 9.59 Å². The van der Waals surface area contributed by atoms with Gasteiger partial charge in [-0.15, -0.1) is 5.10 Å². The molecular weight excluding hydrogens is 208 g/mol. The van der Waals surface area contributed by atoms with Gasteiger partial charge in [-0.2, -0.15) is 0 Å². The van der Waals surface area contributed by atoms with E-state index in [1.54, 1.807) is 0 Å². The lowest BCUT2D eigenvalue weighted by Gasteiger charge is -2.27. The summed E-state index contributed by atoms with van der Waals surface area (Å²) >= 11 is 0. The maximum Gasteiger partial charge on any atom is 0.342 e. The number of aromatic nitrogens is 3. The van der Waals surface area contributed by atoms with Crippen LogP contribution in [0, 0.1) is 5.92 Å². The first-order valence-corrected chi connectivity index (χ1v) is 5.60. The SMILES string of the molecule is CC1CCCC(Nc2n[nH]c(=O)[nH]c2=O)C1. The summed E-state index contributed by atoms with van der Waals surface area (Å²) in [6.45, 7) is 2.21. The van der Waals surface area contributed by atoms with Gasteiger partial charge in [0.05, 0.1) is 0 Å². The molecule has 0 spiro atoms. The number of hydrogen-bond donors (Lipinski definition) is 3. The third kappa shape index (κ3) is 2.50. The Morgan fingerprint density at radius 3 is 2.88 bits per heavy atom. The lowest BCUT2D eigenvalue weighted by Crippen LogP contribution is -2.33. The molecule has 1 aliphatic rings. The van der Waals surface area contributed by atoms with E-state index in [4.69, 9.17) is 0 Å². The zero-order chi connectivity index (χ0) is 11.5. The lowest BCUT2D eigenvalue weighted by molar-refractivity contribution is 0.358. The minimum absolute atomic E-state index is 0.207. The van der Waals surface area contributed by atoms with Gasteiger partial charge >= 0.3 is 5.69 Å². The zero-order valence-corrected chi connectivity index (χ0v) is 9.25. The van der Waals surface area contributed by atoms with Crippen molar-refractivity contribution in [1.82, 2.24) is 15.2 Å². The quantitative estimate of drug-likeness (QED) is 0.680. The van der Waals surface area contributed by atoms with Crippen LogP contribution in [0.25, 0.3) is 0 Å². The molecular formula is C10H16N4O2. The van der Waals surface area contributed by atoms with Crippen LogP contribution in [0.2, 0.25) is 0 Å². The average Bonchev–Trinajstić information content (AvgIpc) is 2.22. The number of nitrogens with one attached hydrogen (secondary N) is 3. The highest BCUT2D eigenvalue weighted by Gasteiger charge is 2.19. The minimum Gasteiger partial charge on any atom is -0.361 e. The maximum absolute atomic E-state index is 11.4. The van der Waals surface area contributed by atoms with Gasteiger partial charge in [-0.3, -0.25) is 9.78 Å². The van der Waals surface area contributed by atoms with Gasteiger partial charge in [-0.25, -0.2) is 9.89 Å². The van der Waals surface area contributed by atoms with Crippen LogP contribution in [-0.4, -0.2) is 21.2 Å². The van der Waals surface area contributed by atoms with Crippen molar-refractivity contribution in [2.75, 3.05) is 5.32 Å². The maximum atomic E-state index is 11.4. The van der Waals surface area contributed by atoms with Crippen molar-refractivity contribution in [3.05, 3.63) is 20.8 Å². The molecule has 1 heterocycles. The van der Waals surface area contributed by atoms with Gasteiger partial charge in [0.15, 0.2) is 0 Å². The fourth-order valence-electron chi connectivity index (χ4n) is 2.20. The molecule has 0 saturated heterocycles. The fraction of sp³-hybridized carbons (Fsp3) is 0.700. The van der Waals surface area contributed by atoms with E-state index in [9.17, 15) is 9.59 Å². The number of aromatic amines is 2. The van der Waals surface area contributed by atoms with Gasteiger partial charge in [0.2, 0.25) is 5.82 Å². The van der Waals surface area contributed by atoms with Crippen molar-refractivity contribution < 1.29 is 0 Å².